The van der Waals surface area contributed by atoms with E-state index < -0.39 is 0 Å². The lowest BCUT2D eigenvalue weighted by Gasteiger charge is -2.22. The van der Waals surface area contributed by atoms with Crippen LogP contribution in [0.25, 0.3) is 0 Å². The van der Waals surface area contributed by atoms with Crippen molar-refractivity contribution in [2.24, 2.45) is 5.92 Å². The molecule has 0 amide bonds. The van der Waals surface area contributed by atoms with Gasteiger partial charge < -0.3 is 5.32 Å². The van der Waals surface area contributed by atoms with Crippen LogP contribution in [0.15, 0.2) is 29.2 Å². The maximum Gasteiger partial charge on any atom is 0.0480 e. The van der Waals surface area contributed by atoms with Gasteiger partial charge in [0.2, 0.25) is 0 Å². The highest BCUT2D eigenvalue weighted by Crippen LogP contribution is 2.26. The fourth-order valence-corrected chi connectivity index (χ4v) is 2.07. The zero-order valence-electron chi connectivity index (χ0n) is 10.1. The number of benzene rings is 1. The third-order valence-corrected chi connectivity index (χ3v) is 3.78. The van der Waals surface area contributed by atoms with E-state index in [0.717, 1.165) is 0 Å². The molecule has 0 unspecified atom stereocenters. The van der Waals surface area contributed by atoms with E-state index in [1.807, 2.05) is 0 Å². The van der Waals surface area contributed by atoms with Gasteiger partial charge in [-0.3, -0.25) is 0 Å². The summed E-state index contributed by atoms with van der Waals surface area (Å²) in [5.74, 6) is 0.708. The Labute approximate surface area is 97.7 Å². The first kappa shape index (κ1) is 12.4. The van der Waals surface area contributed by atoms with E-state index in [1.54, 1.807) is 11.8 Å². The zero-order chi connectivity index (χ0) is 11.3. The first-order valence-corrected chi connectivity index (χ1v) is 6.81. The molecule has 0 spiro atoms. The van der Waals surface area contributed by atoms with Crippen molar-refractivity contribution in [3.8, 4) is 0 Å². The Morgan fingerprint density at radius 2 is 1.93 bits per heavy atom. The van der Waals surface area contributed by atoms with Gasteiger partial charge in [0, 0.05) is 16.6 Å². The van der Waals surface area contributed by atoms with Crippen LogP contribution in [0.5, 0.6) is 0 Å². The van der Waals surface area contributed by atoms with Crippen molar-refractivity contribution in [1.29, 1.82) is 0 Å². The minimum atomic E-state index is 0.531. The molecule has 0 aromatic heterocycles. The molecule has 2 heteroatoms. The summed E-state index contributed by atoms with van der Waals surface area (Å²) in [4.78, 5) is 1.33. The lowest BCUT2D eigenvalue weighted by molar-refractivity contribution is 0.494. The van der Waals surface area contributed by atoms with Crippen LogP contribution >= 0.6 is 11.8 Å². The second-order valence-electron chi connectivity index (χ2n) is 4.02. The van der Waals surface area contributed by atoms with Crippen LogP contribution < -0.4 is 5.32 Å². The van der Waals surface area contributed by atoms with E-state index in [1.165, 1.54) is 17.0 Å². The van der Waals surface area contributed by atoms with E-state index in [9.17, 15) is 0 Å². The fraction of sp³-hybridized carbons (Fsp3) is 0.538. The monoisotopic (exact) mass is 223 g/mol. The molecule has 15 heavy (non-hydrogen) atoms. The first-order valence-electron chi connectivity index (χ1n) is 5.58. The second kappa shape index (κ2) is 6.06. The van der Waals surface area contributed by atoms with Gasteiger partial charge >= 0.3 is 0 Å². The maximum atomic E-state index is 3.59. The molecular weight excluding hydrogens is 202 g/mol. The third-order valence-electron chi connectivity index (χ3n) is 2.99. The van der Waals surface area contributed by atoms with Crippen LogP contribution in [0.2, 0.25) is 0 Å². The Morgan fingerprint density at radius 1 is 1.27 bits per heavy atom. The summed E-state index contributed by atoms with van der Waals surface area (Å²) < 4.78 is 0. The smallest absolute Gasteiger partial charge is 0.0480 e. The van der Waals surface area contributed by atoms with Crippen molar-refractivity contribution in [2.45, 2.75) is 38.1 Å². The van der Waals surface area contributed by atoms with Gasteiger partial charge in [0.25, 0.3) is 0 Å². The van der Waals surface area contributed by atoms with Crippen molar-refractivity contribution in [1.82, 2.24) is 0 Å². The van der Waals surface area contributed by atoms with Crippen LogP contribution in [0.3, 0.4) is 0 Å². The number of hydrogen-bond donors (Lipinski definition) is 1. The highest BCUT2D eigenvalue weighted by molar-refractivity contribution is 7.98. The van der Waals surface area contributed by atoms with Crippen LogP contribution in [0.4, 0.5) is 5.69 Å². The summed E-state index contributed by atoms with van der Waals surface area (Å²) in [6, 6.07) is 9.03. The van der Waals surface area contributed by atoms with Crippen LogP contribution in [-0.4, -0.2) is 12.3 Å². The Kier molecular flexibility index (Phi) is 5.03. The summed E-state index contributed by atoms with van der Waals surface area (Å²) in [6.07, 6.45) is 3.34. The van der Waals surface area contributed by atoms with Gasteiger partial charge in [0.1, 0.15) is 0 Å². The first-order chi connectivity index (χ1) is 7.19. The van der Waals surface area contributed by atoms with E-state index in [2.05, 4.69) is 56.6 Å². The summed E-state index contributed by atoms with van der Waals surface area (Å²) in [7, 11) is 0. The lowest BCUT2D eigenvalue weighted by atomic mass is 10.0. The summed E-state index contributed by atoms with van der Waals surface area (Å²) in [5, 5.41) is 3.59. The molecule has 0 saturated heterocycles. The molecule has 2 atom stereocenters. The summed E-state index contributed by atoms with van der Waals surface area (Å²) in [6.45, 7) is 6.79. The van der Waals surface area contributed by atoms with E-state index in [0.29, 0.717) is 12.0 Å². The number of rotatable bonds is 5. The SMILES string of the molecule is CC[C@H](C)[C@H](C)Nc1ccccc1SC. The normalized spacial score (nSPS) is 14.7. The molecule has 0 heterocycles. The third kappa shape index (κ3) is 3.45. The quantitative estimate of drug-likeness (QED) is 0.749. The van der Waals surface area contributed by atoms with Crippen LogP contribution in [0, 0.1) is 5.92 Å². The molecule has 0 fully saturated rings. The van der Waals surface area contributed by atoms with Crippen molar-refractivity contribution in [3.05, 3.63) is 24.3 Å². The Hall–Kier alpha value is -0.630. The Morgan fingerprint density at radius 3 is 2.53 bits per heavy atom. The molecule has 1 rings (SSSR count). The molecule has 1 nitrogen and oxygen atoms in total. The number of thioether (sulfide) groups is 1. The van der Waals surface area contributed by atoms with Gasteiger partial charge in [-0.05, 0) is 31.2 Å². The number of hydrogen-bond acceptors (Lipinski definition) is 2. The van der Waals surface area contributed by atoms with Gasteiger partial charge in [-0.2, -0.15) is 0 Å². The molecule has 0 radical (unpaired) electrons. The van der Waals surface area contributed by atoms with Crippen molar-refractivity contribution < 1.29 is 0 Å². The van der Waals surface area contributed by atoms with E-state index in [4.69, 9.17) is 0 Å². The van der Waals surface area contributed by atoms with Crippen molar-refractivity contribution in [2.75, 3.05) is 11.6 Å². The predicted molar refractivity (Wildman–Crippen MR) is 70.8 cm³/mol. The fourth-order valence-electron chi connectivity index (χ4n) is 1.50. The molecule has 1 aromatic carbocycles. The standard InChI is InChI=1S/C13H21NS/c1-5-10(2)11(3)14-12-8-6-7-9-13(12)15-4/h6-11,14H,5H2,1-4H3/t10-,11-/m0/s1. The minimum absolute atomic E-state index is 0.531. The highest BCUT2D eigenvalue weighted by atomic mass is 32.2. The molecule has 84 valence electrons. The average molecular weight is 223 g/mol. The largest absolute Gasteiger partial charge is 0.381 e. The number of para-hydroxylation sites is 1. The van der Waals surface area contributed by atoms with Gasteiger partial charge in [-0.15, -0.1) is 11.8 Å². The zero-order valence-corrected chi connectivity index (χ0v) is 10.9. The Bertz CT molecular complexity index is 298. The van der Waals surface area contributed by atoms with E-state index in [-0.39, 0.29) is 0 Å². The molecule has 1 N–H and O–H groups in total. The van der Waals surface area contributed by atoms with Gasteiger partial charge in [-0.1, -0.05) is 32.4 Å². The molecule has 0 aliphatic heterocycles. The predicted octanol–water partition coefficient (Wildman–Crippen LogP) is 4.26. The minimum Gasteiger partial charge on any atom is -0.381 e. The van der Waals surface area contributed by atoms with E-state index >= 15 is 0 Å². The second-order valence-corrected chi connectivity index (χ2v) is 4.87. The average Bonchev–Trinajstić information content (AvgIpc) is 2.28. The lowest BCUT2D eigenvalue weighted by Crippen LogP contribution is -2.23. The molecule has 0 aliphatic carbocycles. The molecule has 0 aliphatic rings. The molecule has 0 bridgehead atoms. The molecule has 1 aromatic rings. The molecule has 0 saturated carbocycles. The van der Waals surface area contributed by atoms with Crippen molar-refractivity contribution >= 4 is 17.4 Å². The van der Waals surface area contributed by atoms with Gasteiger partial charge in [0.05, 0.1) is 0 Å². The van der Waals surface area contributed by atoms with Crippen molar-refractivity contribution in [3.63, 3.8) is 0 Å². The number of nitrogens with one attached hydrogen (secondary N) is 1. The van der Waals surface area contributed by atoms with Crippen LogP contribution in [-0.2, 0) is 0 Å². The Balaban J connectivity index is 2.71. The number of anilines is 1. The molecular formula is C13H21NS. The highest BCUT2D eigenvalue weighted by Gasteiger charge is 2.10. The summed E-state index contributed by atoms with van der Waals surface area (Å²) >= 11 is 1.79. The van der Waals surface area contributed by atoms with Gasteiger partial charge in [0.15, 0.2) is 0 Å². The van der Waals surface area contributed by atoms with Gasteiger partial charge in [-0.25, -0.2) is 0 Å². The van der Waals surface area contributed by atoms with Crippen LogP contribution in [0.1, 0.15) is 27.2 Å². The summed E-state index contributed by atoms with van der Waals surface area (Å²) in [5.41, 5.74) is 1.26. The maximum absolute atomic E-state index is 3.59. The topological polar surface area (TPSA) is 12.0 Å².